The zero-order valence-corrected chi connectivity index (χ0v) is 12.6. The van der Waals surface area contributed by atoms with Crippen LogP contribution in [0.4, 0.5) is 0 Å². The molecule has 0 atom stereocenters. The van der Waals surface area contributed by atoms with Crippen molar-refractivity contribution < 1.29 is 9.53 Å². The summed E-state index contributed by atoms with van der Waals surface area (Å²) in [4.78, 5) is 19.1. The maximum atomic E-state index is 11.9. The highest BCUT2D eigenvalue weighted by Gasteiger charge is 2.09. The number of amides is 1. The van der Waals surface area contributed by atoms with Gasteiger partial charge < -0.3 is 15.0 Å². The Bertz CT molecular complexity index is 585. The van der Waals surface area contributed by atoms with Crippen LogP contribution >= 0.6 is 11.6 Å². The van der Waals surface area contributed by atoms with Crippen LogP contribution in [0.15, 0.2) is 30.6 Å². The normalized spacial score (nSPS) is 10.4. The van der Waals surface area contributed by atoms with E-state index in [0.717, 1.165) is 24.2 Å². The van der Waals surface area contributed by atoms with Crippen LogP contribution in [-0.4, -0.2) is 29.5 Å². The predicted octanol–water partition coefficient (Wildman–Crippen LogP) is 2.36. The molecular weight excluding hydrogens is 290 g/mol. The van der Waals surface area contributed by atoms with E-state index < -0.39 is 0 Å². The molecule has 2 aromatic rings. The number of nitrogens with zero attached hydrogens (tertiary/aromatic N) is 1. The Morgan fingerprint density at radius 2 is 2.33 bits per heavy atom. The number of benzene rings is 1. The van der Waals surface area contributed by atoms with Crippen LogP contribution in [0.2, 0.25) is 5.02 Å². The number of aromatic amines is 1. The first kappa shape index (κ1) is 15.4. The van der Waals surface area contributed by atoms with Gasteiger partial charge in [0.05, 0.1) is 13.5 Å². The predicted molar refractivity (Wildman–Crippen MR) is 81.6 cm³/mol. The second-order valence-electron chi connectivity index (χ2n) is 4.62. The fourth-order valence-corrected chi connectivity index (χ4v) is 2.23. The maximum absolute atomic E-state index is 11.9. The lowest BCUT2D eigenvalue weighted by atomic mass is 10.1. The molecule has 1 heterocycles. The molecule has 0 saturated heterocycles. The summed E-state index contributed by atoms with van der Waals surface area (Å²) in [5, 5.41) is 3.48. The minimum Gasteiger partial charge on any atom is -0.496 e. The number of carbonyl (C=O) groups is 1. The van der Waals surface area contributed by atoms with Crippen molar-refractivity contribution in [3.05, 3.63) is 47.0 Å². The van der Waals surface area contributed by atoms with Crippen molar-refractivity contribution in [2.24, 2.45) is 0 Å². The minimum absolute atomic E-state index is 0.0463. The molecule has 0 fully saturated rings. The van der Waals surface area contributed by atoms with Gasteiger partial charge in [-0.2, -0.15) is 0 Å². The van der Waals surface area contributed by atoms with Crippen LogP contribution in [0.1, 0.15) is 17.8 Å². The van der Waals surface area contributed by atoms with Gasteiger partial charge in [-0.1, -0.05) is 11.6 Å². The molecule has 2 rings (SSSR count). The van der Waals surface area contributed by atoms with E-state index in [1.807, 2.05) is 0 Å². The largest absolute Gasteiger partial charge is 0.496 e. The molecule has 0 radical (unpaired) electrons. The van der Waals surface area contributed by atoms with Gasteiger partial charge in [0.1, 0.15) is 11.6 Å². The van der Waals surface area contributed by atoms with Crippen molar-refractivity contribution in [2.45, 2.75) is 19.3 Å². The van der Waals surface area contributed by atoms with Gasteiger partial charge in [0.15, 0.2) is 0 Å². The summed E-state index contributed by atoms with van der Waals surface area (Å²) in [5.41, 5.74) is 0.786. The molecule has 0 spiro atoms. The van der Waals surface area contributed by atoms with E-state index in [4.69, 9.17) is 16.3 Å². The molecule has 1 aromatic heterocycles. The molecule has 0 saturated carbocycles. The lowest BCUT2D eigenvalue weighted by Gasteiger charge is -2.09. The number of hydrogen-bond donors (Lipinski definition) is 2. The van der Waals surface area contributed by atoms with Crippen molar-refractivity contribution >= 4 is 17.5 Å². The van der Waals surface area contributed by atoms with Gasteiger partial charge in [-0.15, -0.1) is 0 Å². The number of H-pyrrole nitrogens is 1. The Balaban J connectivity index is 1.77. The van der Waals surface area contributed by atoms with E-state index in [9.17, 15) is 4.79 Å². The molecule has 0 aliphatic carbocycles. The second-order valence-corrected chi connectivity index (χ2v) is 5.06. The van der Waals surface area contributed by atoms with Gasteiger partial charge in [-0.25, -0.2) is 4.98 Å². The number of imidazole rings is 1. The number of methoxy groups -OCH3 is 1. The second kappa shape index (κ2) is 7.69. The average Bonchev–Trinajstić information content (AvgIpc) is 2.97. The molecule has 1 amide bonds. The van der Waals surface area contributed by atoms with Gasteiger partial charge in [0, 0.05) is 35.9 Å². The number of rotatable bonds is 7. The highest BCUT2D eigenvalue weighted by Crippen LogP contribution is 2.22. The highest BCUT2D eigenvalue weighted by atomic mass is 35.5. The Morgan fingerprint density at radius 3 is 3.05 bits per heavy atom. The monoisotopic (exact) mass is 307 g/mol. The summed E-state index contributed by atoms with van der Waals surface area (Å²) >= 11 is 5.94. The highest BCUT2D eigenvalue weighted by molar-refractivity contribution is 6.30. The SMILES string of the molecule is COc1ccc(Cl)cc1CC(=O)NCCCc1ncc[nH]1. The van der Waals surface area contributed by atoms with E-state index in [1.54, 1.807) is 37.7 Å². The van der Waals surface area contributed by atoms with Gasteiger partial charge in [0.2, 0.25) is 5.91 Å². The summed E-state index contributed by atoms with van der Waals surface area (Å²) in [7, 11) is 1.58. The summed E-state index contributed by atoms with van der Waals surface area (Å²) in [6.45, 7) is 0.614. The van der Waals surface area contributed by atoms with E-state index in [0.29, 0.717) is 17.3 Å². The van der Waals surface area contributed by atoms with Crippen LogP contribution in [0, 0.1) is 0 Å². The van der Waals surface area contributed by atoms with Crippen molar-refractivity contribution in [1.29, 1.82) is 0 Å². The Morgan fingerprint density at radius 1 is 1.48 bits per heavy atom. The zero-order chi connectivity index (χ0) is 15.1. The Labute approximate surface area is 128 Å². The number of halogens is 1. The maximum Gasteiger partial charge on any atom is 0.224 e. The number of ether oxygens (including phenoxy) is 1. The standard InChI is InChI=1S/C15H18ClN3O2/c1-21-13-5-4-12(16)9-11(13)10-15(20)19-6-2-3-14-17-7-8-18-14/h4-5,7-9H,2-3,6,10H2,1H3,(H,17,18)(H,19,20). The summed E-state index contributed by atoms with van der Waals surface area (Å²) in [5.74, 6) is 1.56. The number of aryl methyl sites for hydroxylation is 1. The first-order valence-electron chi connectivity index (χ1n) is 6.76. The van der Waals surface area contributed by atoms with E-state index in [2.05, 4.69) is 15.3 Å². The fraction of sp³-hybridized carbons (Fsp3) is 0.333. The topological polar surface area (TPSA) is 67.0 Å². The minimum atomic E-state index is -0.0463. The van der Waals surface area contributed by atoms with E-state index in [1.165, 1.54) is 0 Å². The van der Waals surface area contributed by atoms with Crippen LogP contribution in [0.25, 0.3) is 0 Å². The molecule has 5 nitrogen and oxygen atoms in total. The lowest BCUT2D eigenvalue weighted by molar-refractivity contribution is -0.120. The van der Waals surface area contributed by atoms with Crippen molar-refractivity contribution in [3.8, 4) is 5.75 Å². The van der Waals surface area contributed by atoms with Crippen molar-refractivity contribution in [3.63, 3.8) is 0 Å². The zero-order valence-electron chi connectivity index (χ0n) is 11.9. The molecule has 0 unspecified atom stereocenters. The number of aromatic nitrogens is 2. The first-order valence-corrected chi connectivity index (χ1v) is 7.14. The third kappa shape index (κ3) is 4.79. The van der Waals surface area contributed by atoms with Crippen LogP contribution in [0.5, 0.6) is 5.75 Å². The Hall–Kier alpha value is -2.01. The van der Waals surface area contributed by atoms with Gasteiger partial charge >= 0.3 is 0 Å². The first-order chi connectivity index (χ1) is 10.2. The third-order valence-corrected chi connectivity index (χ3v) is 3.30. The van der Waals surface area contributed by atoms with Crippen LogP contribution < -0.4 is 10.1 Å². The quantitative estimate of drug-likeness (QED) is 0.772. The smallest absolute Gasteiger partial charge is 0.224 e. The number of carbonyl (C=O) groups excluding carboxylic acids is 1. The van der Waals surface area contributed by atoms with Crippen molar-refractivity contribution in [2.75, 3.05) is 13.7 Å². The fourth-order valence-electron chi connectivity index (χ4n) is 2.04. The van der Waals surface area contributed by atoms with Gasteiger partial charge in [-0.3, -0.25) is 4.79 Å². The molecule has 112 valence electrons. The van der Waals surface area contributed by atoms with Gasteiger partial charge in [0.25, 0.3) is 0 Å². The lowest BCUT2D eigenvalue weighted by Crippen LogP contribution is -2.26. The Kier molecular flexibility index (Phi) is 5.63. The number of hydrogen-bond acceptors (Lipinski definition) is 3. The summed E-state index contributed by atoms with van der Waals surface area (Å²) in [6, 6.07) is 5.26. The molecule has 1 aromatic carbocycles. The molecule has 6 heteroatoms. The van der Waals surface area contributed by atoms with Crippen LogP contribution in [-0.2, 0) is 17.6 Å². The van der Waals surface area contributed by atoms with E-state index in [-0.39, 0.29) is 12.3 Å². The molecule has 0 aliphatic heterocycles. The van der Waals surface area contributed by atoms with Crippen molar-refractivity contribution in [1.82, 2.24) is 15.3 Å². The van der Waals surface area contributed by atoms with E-state index >= 15 is 0 Å². The molecule has 0 aliphatic rings. The summed E-state index contributed by atoms with van der Waals surface area (Å²) in [6.07, 6.45) is 5.42. The molecule has 21 heavy (non-hydrogen) atoms. The van der Waals surface area contributed by atoms with Gasteiger partial charge in [-0.05, 0) is 24.6 Å². The number of nitrogens with one attached hydrogen (secondary N) is 2. The average molecular weight is 308 g/mol. The summed E-state index contributed by atoms with van der Waals surface area (Å²) < 4.78 is 5.22. The molecule has 2 N–H and O–H groups in total. The molecule has 0 bridgehead atoms. The molecular formula is C15H18ClN3O2. The van der Waals surface area contributed by atoms with Crippen LogP contribution in [0.3, 0.4) is 0 Å². The third-order valence-electron chi connectivity index (χ3n) is 3.06.